The summed E-state index contributed by atoms with van der Waals surface area (Å²) in [5.74, 6) is 2.25. The Morgan fingerprint density at radius 2 is 2.03 bits per heavy atom. The van der Waals surface area contributed by atoms with Crippen molar-refractivity contribution in [3.8, 4) is 23.8 Å². The van der Waals surface area contributed by atoms with E-state index in [1.54, 1.807) is 42.5 Å². The number of ether oxygens (including phenoxy) is 2. The van der Waals surface area contributed by atoms with Gasteiger partial charge in [0, 0.05) is 0 Å². The van der Waals surface area contributed by atoms with Crippen LogP contribution in [0, 0.1) is 12.3 Å². The van der Waals surface area contributed by atoms with Crippen LogP contribution in [0.4, 0.5) is 10.5 Å². The number of amides is 4. The normalized spacial score (nSPS) is 14.2. The van der Waals surface area contributed by atoms with Gasteiger partial charge in [-0.05, 0) is 51.8 Å². The molecule has 0 saturated carbocycles. The van der Waals surface area contributed by atoms with Crippen LogP contribution in [-0.4, -0.2) is 43.0 Å². The molecule has 8 nitrogen and oxygen atoms in total. The summed E-state index contributed by atoms with van der Waals surface area (Å²) in [6.45, 7) is -0.317. The molecule has 31 heavy (non-hydrogen) atoms. The third kappa shape index (κ3) is 5.24. The topological polar surface area (TPSA) is 97.0 Å². The summed E-state index contributed by atoms with van der Waals surface area (Å²) in [6.07, 6.45) is 6.69. The summed E-state index contributed by atoms with van der Waals surface area (Å²) in [7, 11) is 1.48. The van der Waals surface area contributed by atoms with Crippen molar-refractivity contribution in [1.29, 1.82) is 0 Å². The second-order valence-electron chi connectivity index (χ2n) is 6.31. The third-order valence-corrected chi connectivity index (χ3v) is 4.84. The Bertz CT molecular complexity index is 1110. The molecule has 1 saturated heterocycles. The molecular weight excluding hydrogens is 466 g/mol. The molecule has 0 aromatic heterocycles. The SMILES string of the molecule is C#CCOc1ccc(/C=C2/NC(=O)N(CC(=O)Nc3ccccc3OC)C2=O)cc1Br. The molecule has 0 bridgehead atoms. The van der Waals surface area contributed by atoms with E-state index < -0.39 is 24.4 Å². The van der Waals surface area contributed by atoms with E-state index in [9.17, 15) is 14.4 Å². The van der Waals surface area contributed by atoms with Crippen molar-refractivity contribution in [2.45, 2.75) is 0 Å². The minimum absolute atomic E-state index is 0.0549. The molecule has 1 heterocycles. The van der Waals surface area contributed by atoms with E-state index in [4.69, 9.17) is 15.9 Å². The van der Waals surface area contributed by atoms with E-state index in [2.05, 4.69) is 32.5 Å². The lowest BCUT2D eigenvalue weighted by Crippen LogP contribution is -2.38. The van der Waals surface area contributed by atoms with E-state index >= 15 is 0 Å². The second kappa shape index (κ2) is 9.82. The highest BCUT2D eigenvalue weighted by Crippen LogP contribution is 2.27. The molecule has 0 spiro atoms. The number of terminal acetylenes is 1. The zero-order valence-corrected chi connectivity index (χ0v) is 18.1. The number of hydrogen-bond acceptors (Lipinski definition) is 5. The van der Waals surface area contributed by atoms with Gasteiger partial charge in [-0.1, -0.05) is 24.1 Å². The Balaban J connectivity index is 1.70. The van der Waals surface area contributed by atoms with E-state index in [0.29, 0.717) is 27.2 Å². The summed E-state index contributed by atoms with van der Waals surface area (Å²) < 4.78 is 11.2. The summed E-state index contributed by atoms with van der Waals surface area (Å²) in [5.41, 5.74) is 1.14. The second-order valence-corrected chi connectivity index (χ2v) is 7.16. The maximum atomic E-state index is 12.6. The fourth-order valence-electron chi connectivity index (χ4n) is 2.81. The number of rotatable bonds is 7. The Morgan fingerprint density at radius 1 is 1.26 bits per heavy atom. The Kier molecular flexibility index (Phi) is 6.95. The van der Waals surface area contributed by atoms with Crippen LogP contribution in [0.5, 0.6) is 11.5 Å². The Labute approximate surface area is 187 Å². The number of anilines is 1. The van der Waals surface area contributed by atoms with Crippen LogP contribution in [0.25, 0.3) is 6.08 Å². The molecule has 2 aromatic carbocycles. The van der Waals surface area contributed by atoms with Gasteiger partial charge in [-0.3, -0.25) is 9.59 Å². The molecule has 0 radical (unpaired) electrons. The van der Waals surface area contributed by atoms with Gasteiger partial charge in [-0.2, -0.15) is 0 Å². The molecule has 2 aromatic rings. The first-order valence-electron chi connectivity index (χ1n) is 9.06. The molecule has 0 unspecified atom stereocenters. The predicted octanol–water partition coefficient (Wildman–Crippen LogP) is 3.00. The number of hydrogen-bond donors (Lipinski definition) is 2. The first-order chi connectivity index (χ1) is 14.9. The van der Waals surface area contributed by atoms with E-state index in [1.165, 1.54) is 13.2 Å². The average Bonchev–Trinajstić information content (AvgIpc) is 3.01. The first-order valence-corrected chi connectivity index (χ1v) is 9.85. The van der Waals surface area contributed by atoms with Gasteiger partial charge >= 0.3 is 6.03 Å². The van der Waals surface area contributed by atoms with Gasteiger partial charge in [-0.25, -0.2) is 9.69 Å². The van der Waals surface area contributed by atoms with Crippen LogP contribution in [-0.2, 0) is 9.59 Å². The first kappa shape index (κ1) is 21.9. The lowest BCUT2D eigenvalue weighted by molar-refractivity contribution is -0.127. The number of para-hydroxylation sites is 2. The number of carbonyl (C=O) groups is 3. The van der Waals surface area contributed by atoms with Crippen molar-refractivity contribution < 1.29 is 23.9 Å². The highest BCUT2D eigenvalue weighted by molar-refractivity contribution is 9.10. The monoisotopic (exact) mass is 483 g/mol. The van der Waals surface area contributed by atoms with Crippen LogP contribution < -0.4 is 20.1 Å². The van der Waals surface area contributed by atoms with Gasteiger partial charge in [0.1, 0.15) is 30.3 Å². The van der Waals surface area contributed by atoms with Crippen LogP contribution in [0.2, 0.25) is 0 Å². The molecule has 2 N–H and O–H groups in total. The van der Waals surface area contributed by atoms with Crippen molar-refractivity contribution in [2.75, 3.05) is 25.6 Å². The molecule has 1 aliphatic heterocycles. The molecule has 1 aliphatic rings. The number of urea groups is 1. The standard InChI is InChI=1S/C22H18BrN3O5/c1-3-10-31-18-9-8-14(11-15(18)23)12-17-21(28)26(22(29)25-17)13-20(27)24-16-6-4-5-7-19(16)30-2/h1,4-9,11-12H,10,13H2,2H3,(H,24,27)(H,25,29)/b17-12+. The van der Waals surface area contributed by atoms with Crippen molar-refractivity contribution in [1.82, 2.24) is 10.2 Å². The number of carbonyl (C=O) groups excluding carboxylic acids is 3. The Hall–Kier alpha value is -3.77. The molecule has 4 amide bonds. The molecule has 0 aliphatic carbocycles. The van der Waals surface area contributed by atoms with Gasteiger partial charge in [-0.15, -0.1) is 6.42 Å². The van der Waals surface area contributed by atoms with Gasteiger partial charge in [0.05, 0.1) is 17.3 Å². The molecule has 1 fully saturated rings. The number of halogens is 1. The summed E-state index contributed by atoms with van der Waals surface area (Å²) in [5, 5.41) is 5.12. The zero-order chi connectivity index (χ0) is 22.4. The molecule has 158 valence electrons. The number of methoxy groups -OCH3 is 1. The maximum absolute atomic E-state index is 12.6. The Morgan fingerprint density at radius 3 is 2.74 bits per heavy atom. The van der Waals surface area contributed by atoms with Gasteiger partial charge in [0.25, 0.3) is 5.91 Å². The number of imide groups is 1. The summed E-state index contributed by atoms with van der Waals surface area (Å²) in [6, 6.07) is 11.3. The number of nitrogens with zero attached hydrogens (tertiary/aromatic N) is 1. The largest absolute Gasteiger partial charge is 0.495 e. The highest BCUT2D eigenvalue weighted by atomic mass is 79.9. The van der Waals surface area contributed by atoms with Crippen molar-refractivity contribution in [3.05, 3.63) is 58.2 Å². The predicted molar refractivity (Wildman–Crippen MR) is 118 cm³/mol. The third-order valence-electron chi connectivity index (χ3n) is 4.22. The fraction of sp³-hybridized carbons (Fsp3) is 0.136. The molecule has 9 heteroatoms. The van der Waals surface area contributed by atoms with Gasteiger partial charge in [0.15, 0.2) is 0 Å². The van der Waals surface area contributed by atoms with Crippen molar-refractivity contribution >= 4 is 45.5 Å². The fourth-order valence-corrected chi connectivity index (χ4v) is 3.32. The minimum atomic E-state index is -0.681. The molecular formula is C22H18BrN3O5. The van der Waals surface area contributed by atoms with Crippen LogP contribution in [0.3, 0.4) is 0 Å². The number of nitrogens with one attached hydrogen (secondary N) is 2. The average molecular weight is 484 g/mol. The molecule has 3 rings (SSSR count). The van der Waals surface area contributed by atoms with Gasteiger partial charge < -0.3 is 20.1 Å². The molecule has 0 atom stereocenters. The van der Waals surface area contributed by atoms with E-state index in [-0.39, 0.29) is 12.3 Å². The minimum Gasteiger partial charge on any atom is -0.495 e. The summed E-state index contributed by atoms with van der Waals surface area (Å²) in [4.78, 5) is 38.1. The maximum Gasteiger partial charge on any atom is 0.329 e. The quantitative estimate of drug-likeness (QED) is 0.358. The van der Waals surface area contributed by atoms with Crippen LogP contribution in [0.1, 0.15) is 5.56 Å². The summed E-state index contributed by atoms with van der Waals surface area (Å²) >= 11 is 3.37. The van der Waals surface area contributed by atoms with E-state index in [0.717, 1.165) is 4.90 Å². The van der Waals surface area contributed by atoms with Crippen molar-refractivity contribution in [3.63, 3.8) is 0 Å². The van der Waals surface area contributed by atoms with Crippen LogP contribution >= 0.6 is 15.9 Å². The van der Waals surface area contributed by atoms with Crippen molar-refractivity contribution in [2.24, 2.45) is 0 Å². The van der Waals surface area contributed by atoms with Crippen LogP contribution in [0.15, 0.2) is 52.6 Å². The van der Waals surface area contributed by atoms with Gasteiger partial charge in [0.2, 0.25) is 5.91 Å². The highest BCUT2D eigenvalue weighted by Gasteiger charge is 2.35. The van der Waals surface area contributed by atoms with E-state index in [1.807, 2.05) is 0 Å². The zero-order valence-electron chi connectivity index (χ0n) is 16.5. The number of benzene rings is 2. The lowest BCUT2D eigenvalue weighted by Gasteiger charge is -2.13. The smallest absolute Gasteiger partial charge is 0.329 e. The lowest BCUT2D eigenvalue weighted by atomic mass is 10.2.